The third kappa shape index (κ3) is 5.78. The lowest BCUT2D eigenvalue weighted by Gasteiger charge is -2.07. The molecule has 0 aliphatic carbocycles. The van der Waals surface area contributed by atoms with Crippen LogP contribution >= 0.6 is 0 Å². The van der Waals surface area contributed by atoms with Crippen LogP contribution < -0.4 is 10.0 Å². The SMILES string of the molecule is CCNS(=O)(=O)CCNC(=O)C(C)=C(C)C(=O)O. The molecule has 0 spiro atoms. The fourth-order valence-electron chi connectivity index (χ4n) is 1.05. The number of sulfonamides is 1. The summed E-state index contributed by atoms with van der Waals surface area (Å²) in [4.78, 5) is 22.1. The van der Waals surface area contributed by atoms with E-state index in [0.29, 0.717) is 0 Å². The Labute approximate surface area is 106 Å². The van der Waals surface area contributed by atoms with Gasteiger partial charge in [-0.1, -0.05) is 6.92 Å². The van der Waals surface area contributed by atoms with Crippen LogP contribution in [-0.2, 0) is 19.6 Å². The first-order chi connectivity index (χ1) is 8.21. The van der Waals surface area contributed by atoms with Crippen LogP contribution in [0.5, 0.6) is 0 Å². The molecule has 8 heteroatoms. The number of hydrogen-bond acceptors (Lipinski definition) is 4. The van der Waals surface area contributed by atoms with Crippen molar-refractivity contribution in [3.8, 4) is 0 Å². The Balaban J connectivity index is 4.38. The van der Waals surface area contributed by atoms with Gasteiger partial charge in [-0.2, -0.15) is 0 Å². The smallest absolute Gasteiger partial charge is 0.331 e. The fraction of sp³-hybridized carbons (Fsp3) is 0.600. The average Bonchev–Trinajstić information content (AvgIpc) is 2.26. The quantitative estimate of drug-likeness (QED) is 0.541. The Kier molecular flexibility index (Phi) is 6.56. The van der Waals surface area contributed by atoms with Crippen molar-refractivity contribution in [1.82, 2.24) is 10.0 Å². The second-order valence-electron chi connectivity index (χ2n) is 3.63. The summed E-state index contributed by atoms with van der Waals surface area (Å²) >= 11 is 0. The molecule has 0 aliphatic heterocycles. The summed E-state index contributed by atoms with van der Waals surface area (Å²) in [5.74, 6) is -2.00. The molecule has 0 unspecified atom stereocenters. The third-order valence-corrected chi connectivity index (χ3v) is 3.71. The first-order valence-corrected chi connectivity index (χ1v) is 7.02. The van der Waals surface area contributed by atoms with E-state index in [9.17, 15) is 18.0 Å². The van der Waals surface area contributed by atoms with E-state index in [4.69, 9.17) is 5.11 Å². The highest BCUT2D eigenvalue weighted by molar-refractivity contribution is 7.89. The van der Waals surface area contributed by atoms with Crippen molar-refractivity contribution in [3.05, 3.63) is 11.1 Å². The van der Waals surface area contributed by atoms with Crippen LogP contribution in [0, 0.1) is 0 Å². The number of nitrogens with one attached hydrogen (secondary N) is 2. The predicted octanol–water partition coefficient (Wildman–Crippen LogP) is -0.537. The van der Waals surface area contributed by atoms with Crippen molar-refractivity contribution in [2.24, 2.45) is 0 Å². The summed E-state index contributed by atoms with van der Waals surface area (Å²) in [6.07, 6.45) is 0. The lowest BCUT2D eigenvalue weighted by Crippen LogP contribution is -2.35. The molecule has 0 radical (unpaired) electrons. The number of hydrogen-bond donors (Lipinski definition) is 3. The molecule has 0 heterocycles. The molecular formula is C10H18N2O5S. The molecule has 0 aromatic carbocycles. The second-order valence-corrected chi connectivity index (χ2v) is 5.55. The van der Waals surface area contributed by atoms with Crippen molar-refractivity contribution in [1.29, 1.82) is 0 Å². The normalized spacial score (nSPS) is 12.8. The molecule has 0 rings (SSSR count). The van der Waals surface area contributed by atoms with E-state index in [2.05, 4.69) is 10.0 Å². The van der Waals surface area contributed by atoms with Gasteiger partial charge >= 0.3 is 5.97 Å². The van der Waals surface area contributed by atoms with Crippen molar-refractivity contribution in [3.63, 3.8) is 0 Å². The molecule has 1 amide bonds. The monoisotopic (exact) mass is 278 g/mol. The summed E-state index contributed by atoms with van der Waals surface area (Å²) in [6.45, 7) is 4.55. The Bertz CT molecular complexity index is 453. The zero-order valence-corrected chi connectivity index (χ0v) is 11.4. The molecule has 0 aromatic heterocycles. The highest BCUT2D eigenvalue weighted by Gasteiger charge is 2.13. The maximum Gasteiger partial charge on any atom is 0.331 e. The standard InChI is InChI=1S/C10H18N2O5S/c1-4-12-18(16,17)6-5-11-9(13)7(2)8(3)10(14)15/h12H,4-6H2,1-3H3,(H,11,13)(H,14,15). The zero-order chi connectivity index (χ0) is 14.3. The lowest BCUT2D eigenvalue weighted by molar-refractivity contribution is -0.133. The van der Waals surface area contributed by atoms with Gasteiger partial charge in [0.1, 0.15) is 0 Å². The second kappa shape index (κ2) is 7.12. The number of carboxylic acids is 1. The minimum Gasteiger partial charge on any atom is -0.478 e. The average molecular weight is 278 g/mol. The Hall–Kier alpha value is -1.41. The van der Waals surface area contributed by atoms with E-state index >= 15 is 0 Å². The van der Waals surface area contributed by atoms with E-state index in [-0.39, 0.29) is 30.0 Å². The van der Waals surface area contributed by atoms with E-state index < -0.39 is 21.9 Å². The third-order valence-electron chi connectivity index (χ3n) is 2.24. The number of carbonyl (C=O) groups is 2. The van der Waals surface area contributed by atoms with E-state index in [1.807, 2.05) is 0 Å². The number of aliphatic carboxylic acids is 1. The van der Waals surface area contributed by atoms with Gasteiger partial charge in [-0.25, -0.2) is 17.9 Å². The maximum absolute atomic E-state index is 11.5. The van der Waals surface area contributed by atoms with Crippen LogP contribution in [0.3, 0.4) is 0 Å². The number of carbonyl (C=O) groups excluding carboxylic acids is 1. The molecule has 0 fully saturated rings. The molecule has 18 heavy (non-hydrogen) atoms. The van der Waals surface area contributed by atoms with E-state index in [1.165, 1.54) is 13.8 Å². The van der Waals surface area contributed by atoms with Crippen LogP contribution in [0.4, 0.5) is 0 Å². The van der Waals surface area contributed by atoms with Gasteiger partial charge in [0, 0.05) is 24.2 Å². The van der Waals surface area contributed by atoms with Crippen molar-refractivity contribution in [2.75, 3.05) is 18.8 Å². The minimum atomic E-state index is -3.39. The van der Waals surface area contributed by atoms with Gasteiger partial charge in [-0.15, -0.1) is 0 Å². The molecule has 0 saturated heterocycles. The Morgan fingerprint density at radius 2 is 1.72 bits per heavy atom. The Morgan fingerprint density at radius 1 is 1.17 bits per heavy atom. The van der Waals surface area contributed by atoms with Crippen LogP contribution in [0.1, 0.15) is 20.8 Å². The predicted molar refractivity (Wildman–Crippen MR) is 66.5 cm³/mol. The summed E-state index contributed by atoms with van der Waals surface area (Å²) in [7, 11) is -3.39. The largest absolute Gasteiger partial charge is 0.478 e. The summed E-state index contributed by atoms with van der Waals surface area (Å²) < 4.78 is 24.8. The lowest BCUT2D eigenvalue weighted by atomic mass is 10.1. The first-order valence-electron chi connectivity index (χ1n) is 5.37. The first kappa shape index (κ1) is 16.6. The topological polar surface area (TPSA) is 113 Å². The van der Waals surface area contributed by atoms with Crippen molar-refractivity contribution < 1.29 is 23.1 Å². The van der Waals surface area contributed by atoms with Gasteiger partial charge in [0.25, 0.3) is 0 Å². The molecule has 0 aliphatic rings. The van der Waals surface area contributed by atoms with Crippen LogP contribution in [0.2, 0.25) is 0 Å². The van der Waals surface area contributed by atoms with E-state index in [1.54, 1.807) is 6.92 Å². The number of amides is 1. The van der Waals surface area contributed by atoms with Crippen LogP contribution in [-0.4, -0.2) is 44.2 Å². The molecule has 3 N–H and O–H groups in total. The molecule has 0 aromatic rings. The summed E-state index contributed by atoms with van der Waals surface area (Å²) in [5.41, 5.74) is -0.00890. The summed E-state index contributed by atoms with van der Waals surface area (Å²) in [5, 5.41) is 11.0. The molecule has 104 valence electrons. The zero-order valence-electron chi connectivity index (χ0n) is 10.6. The maximum atomic E-state index is 11.5. The summed E-state index contributed by atoms with van der Waals surface area (Å²) in [6, 6.07) is 0. The van der Waals surface area contributed by atoms with E-state index in [0.717, 1.165) is 0 Å². The number of carboxylic acid groups (broad SMARTS) is 1. The van der Waals surface area contributed by atoms with Gasteiger partial charge < -0.3 is 10.4 Å². The highest BCUT2D eigenvalue weighted by Crippen LogP contribution is 2.03. The molecule has 7 nitrogen and oxygen atoms in total. The van der Waals surface area contributed by atoms with Crippen molar-refractivity contribution in [2.45, 2.75) is 20.8 Å². The molecule has 0 saturated carbocycles. The van der Waals surface area contributed by atoms with Gasteiger partial charge in [0.2, 0.25) is 15.9 Å². The highest BCUT2D eigenvalue weighted by atomic mass is 32.2. The van der Waals surface area contributed by atoms with Crippen LogP contribution in [0.25, 0.3) is 0 Å². The van der Waals surface area contributed by atoms with Gasteiger partial charge in [-0.05, 0) is 13.8 Å². The number of rotatable bonds is 7. The molecule has 0 atom stereocenters. The van der Waals surface area contributed by atoms with Crippen LogP contribution in [0.15, 0.2) is 11.1 Å². The molecular weight excluding hydrogens is 260 g/mol. The minimum absolute atomic E-state index is 0.0587. The van der Waals surface area contributed by atoms with Gasteiger partial charge in [0.15, 0.2) is 0 Å². The van der Waals surface area contributed by atoms with Gasteiger partial charge in [0.05, 0.1) is 5.75 Å². The Morgan fingerprint density at radius 3 is 2.17 bits per heavy atom. The molecule has 0 bridgehead atoms. The van der Waals surface area contributed by atoms with Crippen molar-refractivity contribution >= 4 is 21.9 Å². The van der Waals surface area contributed by atoms with Gasteiger partial charge in [-0.3, -0.25) is 4.79 Å². The fourth-order valence-corrected chi connectivity index (χ4v) is 2.01.